The molecule has 0 bridgehead atoms. The van der Waals surface area contributed by atoms with E-state index in [0.717, 1.165) is 24.3 Å². The summed E-state index contributed by atoms with van der Waals surface area (Å²) in [5.41, 5.74) is 0. The fraction of sp³-hybridized carbons (Fsp3) is 0.938. The normalized spacial score (nSPS) is 26.1. The third-order valence-corrected chi connectivity index (χ3v) is 6.19. The smallest absolute Gasteiger partial charge is 0.191 e. The molecule has 0 aromatic carbocycles. The van der Waals surface area contributed by atoms with Crippen LogP contribution in [0.3, 0.4) is 0 Å². The molecule has 0 amide bonds. The van der Waals surface area contributed by atoms with Gasteiger partial charge in [-0.25, -0.2) is 0 Å². The molecule has 0 aromatic rings. The quantitative estimate of drug-likeness (QED) is 0.564. The van der Waals surface area contributed by atoms with Crippen LogP contribution in [0.5, 0.6) is 0 Å². The van der Waals surface area contributed by atoms with Crippen LogP contribution in [0.4, 0.5) is 0 Å². The zero-order valence-electron chi connectivity index (χ0n) is 14.5. The molecule has 6 heteroatoms. The molecule has 22 heavy (non-hydrogen) atoms. The van der Waals surface area contributed by atoms with Crippen LogP contribution in [0.15, 0.2) is 4.99 Å². The molecule has 2 rings (SSSR count). The summed E-state index contributed by atoms with van der Waals surface area (Å²) in [6.07, 6.45) is 2.70. The van der Waals surface area contributed by atoms with Gasteiger partial charge in [0.05, 0.1) is 0 Å². The Kier molecular flexibility index (Phi) is 7.83. The lowest BCUT2D eigenvalue weighted by atomic mass is 10.2. The molecule has 128 valence electrons. The Balaban J connectivity index is 1.64. The highest BCUT2D eigenvalue weighted by molar-refractivity contribution is 8.00. The third-order valence-electron chi connectivity index (χ3n) is 4.79. The van der Waals surface area contributed by atoms with Gasteiger partial charge >= 0.3 is 0 Å². The fourth-order valence-corrected chi connectivity index (χ4v) is 4.33. The van der Waals surface area contributed by atoms with Gasteiger partial charge in [-0.1, -0.05) is 6.92 Å². The molecule has 2 unspecified atom stereocenters. The maximum absolute atomic E-state index is 4.35. The molecule has 0 spiro atoms. The number of nitrogens with one attached hydrogen (secondary N) is 2. The highest BCUT2D eigenvalue weighted by Crippen LogP contribution is 2.25. The van der Waals surface area contributed by atoms with Crippen molar-refractivity contribution in [1.29, 1.82) is 0 Å². The van der Waals surface area contributed by atoms with Gasteiger partial charge in [0.25, 0.3) is 0 Å². The van der Waals surface area contributed by atoms with Gasteiger partial charge in [0.2, 0.25) is 0 Å². The number of likely N-dealkylation sites (N-methyl/N-ethyl adjacent to an activating group) is 1. The summed E-state index contributed by atoms with van der Waals surface area (Å²) >= 11 is 2.09. The Morgan fingerprint density at radius 3 is 2.64 bits per heavy atom. The average Bonchev–Trinajstić information content (AvgIpc) is 3.08. The standard InChI is InChI=1S/C16H33N5S/c1-4-20-7-9-21(10-8-20)14(2)12-18-16(17-3)19-13-15-6-5-11-22-15/h14-15H,4-13H2,1-3H3,(H2,17,18,19). The van der Waals surface area contributed by atoms with Crippen LogP contribution in [-0.4, -0.2) is 85.7 Å². The van der Waals surface area contributed by atoms with E-state index < -0.39 is 0 Å². The highest BCUT2D eigenvalue weighted by Gasteiger charge is 2.20. The van der Waals surface area contributed by atoms with Crippen molar-refractivity contribution in [2.75, 3.05) is 58.6 Å². The molecule has 2 aliphatic heterocycles. The molecule has 0 aromatic heterocycles. The maximum atomic E-state index is 4.35. The van der Waals surface area contributed by atoms with E-state index in [1.807, 2.05) is 7.05 Å². The lowest BCUT2D eigenvalue weighted by Crippen LogP contribution is -2.53. The first-order chi connectivity index (χ1) is 10.7. The number of nitrogens with zero attached hydrogens (tertiary/aromatic N) is 3. The lowest BCUT2D eigenvalue weighted by molar-refractivity contribution is 0.107. The molecule has 0 radical (unpaired) electrons. The molecule has 0 saturated carbocycles. The second-order valence-electron chi connectivity index (χ2n) is 6.29. The Hall–Kier alpha value is -0.460. The van der Waals surface area contributed by atoms with Crippen LogP contribution in [0.1, 0.15) is 26.7 Å². The summed E-state index contributed by atoms with van der Waals surface area (Å²) in [5.74, 6) is 2.27. The van der Waals surface area contributed by atoms with E-state index in [-0.39, 0.29) is 0 Å². The summed E-state index contributed by atoms with van der Waals surface area (Å²) in [4.78, 5) is 9.46. The third kappa shape index (κ3) is 5.63. The number of rotatable bonds is 6. The number of guanidine groups is 1. The molecule has 2 atom stereocenters. The molecular formula is C16H33N5S. The van der Waals surface area contributed by atoms with Gasteiger partial charge in [0, 0.05) is 57.6 Å². The largest absolute Gasteiger partial charge is 0.355 e. The fourth-order valence-electron chi connectivity index (χ4n) is 3.13. The Morgan fingerprint density at radius 1 is 1.27 bits per heavy atom. The minimum absolute atomic E-state index is 0.554. The predicted molar refractivity (Wildman–Crippen MR) is 98.0 cm³/mol. The summed E-state index contributed by atoms with van der Waals surface area (Å²) in [6.45, 7) is 12.5. The summed E-state index contributed by atoms with van der Waals surface area (Å²) in [5, 5.41) is 7.73. The molecule has 2 aliphatic rings. The van der Waals surface area contributed by atoms with Crippen molar-refractivity contribution in [3.8, 4) is 0 Å². The minimum atomic E-state index is 0.554. The van der Waals surface area contributed by atoms with Crippen molar-refractivity contribution in [2.45, 2.75) is 38.0 Å². The van der Waals surface area contributed by atoms with E-state index >= 15 is 0 Å². The average molecular weight is 328 g/mol. The Morgan fingerprint density at radius 2 is 2.05 bits per heavy atom. The van der Waals surface area contributed by atoms with Gasteiger partial charge in [0.1, 0.15) is 0 Å². The Bertz CT molecular complexity index is 335. The topological polar surface area (TPSA) is 42.9 Å². The number of piperazine rings is 1. The number of hydrogen-bond donors (Lipinski definition) is 2. The summed E-state index contributed by atoms with van der Waals surface area (Å²) in [6, 6.07) is 0.554. The van der Waals surface area contributed by atoms with Crippen molar-refractivity contribution in [1.82, 2.24) is 20.4 Å². The zero-order chi connectivity index (χ0) is 15.8. The van der Waals surface area contributed by atoms with Crippen molar-refractivity contribution < 1.29 is 0 Å². The van der Waals surface area contributed by atoms with Crippen molar-refractivity contribution in [3.05, 3.63) is 0 Å². The molecule has 2 N–H and O–H groups in total. The van der Waals surface area contributed by atoms with Crippen molar-refractivity contribution >= 4 is 17.7 Å². The Labute approximate surface area is 140 Å². The van der Waals surface area contributed by atoms with E-state index in [1.54, 1.807) is 0 Å². The van der Waals surface area contributed by atoms with Gasteiger partial charge < -0.3 is 15.5 Å². The second kappa shape index (κ2) is 9.63. The highest BCUT2D eigenvalue weighted by atomic mass is 32.2. The van der Waals surface area contributed by atoms with E-state index in [9.17, 15) is 0 Å². The predicted octanol–water partition coefficient (Wildman–Crippen LogP) is 1.07. The van der Waals surface area contributed by atoms with Gasteiger partial charge in [-0.3, -0.25) is 9.89 Å². The number of aliphatic imine (C=N–C) groups is 1. The van der Waals surface area contributed by atoms with Crippen LogP contribution in [0, 0.1) is 0 Å². The van der Waals surface area contributed by atoms with Crippen molar-refractivity contribution in [3.63, 3.8) is 0 Å². The van der Waals surface area contributed by atoms with Crippen LogP contribution < -0.4 is 10.6 Å². The molecular weight excluding hydrogens is 294 g/mol. The molecule has 2 saturated heterocycles. The van der Waals surface area contributed by atoms with Crippen molar-refractivity contribution in [2.24, 2.45) is 4.99 Å². The van der Waals surface area contributed by atoms with Crippen LogP contribution in [0.2, 0.25) is 0 Å². The van der Waals surface area contributed by atoms with Gasteiger partial charge in [0.15, 0.2) is 5.96 Å². The van der Waals surface area contributed by atoms with E-state index in [2.05, 4.69) is 51.0 Å². The first kappa shape index (κ1) is 17.9. The zero-order valence-corrected chi connectivity index (χ0v) is 15.3. The molecule has 2 heterocycles. The van der Waals surface area contributed by atoms with E-state index in [0.29, 0.717) is 6.04 Å². The molecule has 2 fully saturated rings. The van der Waals surface area contributed by atoms with Crippen LogP contribution in [0.25, 0.3) is 0 Å². The van der Waals surface area contributed by atoms with E-state index in [1.165, 1.54) is 51.3 Å². The summed E-state index contributed by atoms with van der Waals surface area (Å²) in [7, 11) is 1.86. The van der Waals surface area contributed by atoms with Gasteiger partial charge in [-0.2, -0.15) is 11.8 Å². The monoisotopic (exact) mass is 327 g/mol. The lowest BCUT2D eigenvalue weighted by Gasteiger charge is -2.37. The number of hydrogen-bond acceptors (Lipinski definition) is 4. The maximum Gasteiger partial charge on any atom is 0.191 e. The van der Waals surface area contributed by atoms with Crippen LogP contribution in [-0.2, 0) is 0 Å². The van der Waals surface area contributed by atoms with Gasteiger partial charge in [-0.05, 0) is 32.1 Å². The first-order valence-corrected chi connectivity index (χ1v) is 9.80. The minimum Gasteiger partial charge on any atom is -0.355 e. The summed E-state index contributed by atoms with van der Waals surface area (Å²) < 4.78 is 0. The second-order valence-corrected chi connectivity index (χ2v) is 7.70. The molecule has 0 aliphatic carbocycles. The molecule has 5 nitrogen and oxygen atoms in total. The first-order valence-electron chi connectivity index (χ1n) is 8.75. The number of thioether (sulfide) groups is 1. The van der Waals surface area contributed by atoms with E-state index in [4.69, 9.17) is 0 Å². The van der Waals surface area contributed by atoms with Crippen LogP contribution >= 0.6 is 11.8 Å². The van der Waals surface area contributed by atoms with Gasteiger partial charge in [-0.15, -0.1) is 0 Å². The SMILES string of the molecule is CCN1CCN(C(C)CNC(=NC)NCC2CCCS2)CC1.